The molecule has 0 saturated carbocycles. The molecule has 0 aliphatic rings. The molecule has 0 aliphatic heterocycles. The second-order valence-corrected chi connectivity index (χ2v) is 6.38. The summed E-state index contributed by atoms with van der Waals surface area (Å²) in [5, 5.41) is 6.95. The molecule has 0 aromatic carbocycles. The number of anilines is 1. The fraction of sp³-hybridized carbons (Fsp3) is 0.417. The molecule has 0 aliphatic carbocycles. The van der Waals surface area contributed by atoms with E-state index in [9.17, 15) is 8.42 Å². The average molecular weight is 298 g/mol. The van der Waals surface area contributed by atoms with Gasteiger partial charge in [-0.05, 0) is 12.1 Å². The topological polar surface area (TPSA) is 89.2 Å². The van der Waals surface area contributed by atoms with Gasteiger partial charge < -0.3 is 9.73 Å². The van der Waals surface area contributed by atoms with Crippen LogP contribution in [-0.2, 0) is 23.6 Å². The number of hydrogen-bond donors (Lipinski definition) is 2. The Morgan fingerprint density at radius 1 is 1.40 bits per heavy atom. The Bertz CT molecular complexity index is 672. The van der Waals surface area contributed by atoms with Gasteiger partial charge >= 0.3 is 0 Å². The highest BCUT2D eigenvalue weighted by molar-refractivity contribution is 7.92. The van der Waals surface area contributed by atoms with Crippen molar-refractivity contribution in [2.45, 2.75) is 31.5 Å². The van der Waals surface area contributed by atoms with Crippen molar-refractivity contribution in [2.75, 3.05) is 4.72 Å². The van der Waals surface area contributed by atoms with Gasteiger partial charge in [-0.2, -0.15) is 13.5 Å². The lowest BCUT2D eigenvalue weighted by Gasteiger charge is -2.05. The molecule has 2 rings (SSSR count). The van der Waals surface area contributed by atoms with Gasteiger partial charge in [0.1, 0.15) is 5.76 Å². The maximum absolute atomic E-state index is 12.1. The molecule has 0 unspecified atom stereocenters. The van der Waals surface area contributed by atoms with Crippen molar-refractivity contribution in [1.82, 2.24) is 15.1 Å². The molecule has 2 aromatic heterocycles. The summed E-state index contributed by atoms with van der Waals surface area (Å²) in [7, 11) is -2.01. The minimum Gasteiger partial charge on any atom is -0.446 e. The molecule has 0 bridgehead atoms. The van der Waals surface area contributed by atoms with Crippen molar-refractivity contribution in [2.24, 2.45) is 7.05 Å². The van der Waals surface area contributed by atoms with E-state index in [4.69, 9.17) is 4.42 Å². The number of hydrogen-bond acceptors (Lipinski definition) is 5. The summed E-state index contributed by atoms with van der Waals surface area (Å²) in [6, 6.07) is 3.39. The molecule has 2 heterocycles. The standard InChI is InChI=1S/C12H18N4O3S/c1-9(2)13-7-11-4-5-12(19-11)20(17,18)15-10-6-14-16(3)8-10/h4-6,8-9,13,15H,7H2,1-3H3. The van der Waals surface area contributed by atoms with Crippen LogP contribution in [0.5, 0.6) is 0 Å². The number of furan rings is 1. The predicted octanol–water partition coefficient (Wildman–Crippen LogP) is 1.31. The summed E-state index contributed by atoms with van der Waals surface area (Å²) in [5.74, 6) is 0.574. The van der Waals surface area contributed by atoms with Gasteiger partial charge in [-0.1, -0.05) is 13.8 Å². The molecule has 2 N–H and O–H groups in total. The third kappa shape index (κ3) is 3.61. The predicted molar refractivity (Wildman–Crippen MR) is 74.7 cm³/mol. The molecule has 20 heavy (non-hydrogen) atoms. The normalized spacial score (nSPS) is 12.0. The van der Waals surface area contributed by atoms with Crippen LogP contribution >= 0.6 is 0 Å². The summed E-state index contributed by atoms with van der Waals surface area (Å²) >= 11 is 0. The Morgan fingerprint density at radius 3 is 2.75 bits per heavy atom. The highest BCUT2D eigenvalue weighted by Crippen LogP contribution is 2.18. The highest BCUT2D eigenvalue weighted by Gasteiger charge is 2.19. The van der Waals surface area contributed by atoms with Gasteiger partial charge in [-0.15, -0.1) is 0 Å². The molecule has 0 saturated heterocycles. The van der Waals surface area contributed by atoms with Gasteiger partial charge in [0.25, 0.3) is 10.0 Å². The van der Waals surface area contributed by atoms with Crippen LogP contribution in [0.15, 0.2) is 34.0 Å². The van der Waals surface area contributed by atoms with E-state index in [1.54, 1.807) is 19.3 Å². The van der Waals surface area contributed by atoms with Crippen molar-refractivity contribution in [1.29, 1.82) is 0 Å². The number of rotatable bonds is 6. The molecular weight excluding hydrogens is 280 g/mol. The zero-order chi connectivity index (χ0) is 14.8. The highest BCUT2D eigenvalue weighted by atomic mass is 32.2. The summed E-state index contributed by atoms with van der Waals surface area (Å²) in [6.45, 7) is 4.50. The first-order valence-electron chi connectivity index (χ1n) is 6.20. The molecule has 7 nitrogen and oxygen atoms in total. The summed E-state index contributed by atoms with van der Waals surface area (Å²) in [5.41, 5.74) is 0.394. The van der Waals surface area contributed by atoms with Crippen LogP contribution in [0.2, 0.25) is 0 Å². The number of aryl methyl sites for hydroxylation is 1. The van der Waals surface area contributed by atoms with E-state index < -0.39 is 10.0 Å². The smallest absolute Gasteiger partial charge is 0.295 e. The molecule has 0 spiro atoms. The van der Waals surface area contributed by atoms with E-state index in [2.05, 4.69) is 15.1 Å². The summed E-state index contributed by atoms with van der Waals surface area (Å²) in [4.78, 5) is 0. The molecule has 110 valence electrons. The Labute approximate surface area is 118 Å². The molecular formula is C12H18N4O3S. The quantitative estimate of drug-likeness (QED) is 0.839. The molecule has 0 amide bonds. The van der Waals surface area contributed by atoms with Crippen LogP contribution in [0.3, 0.4) is 0 Å². The number of nitrogens with one attached hydrogen (secondary N) is 2. The lowest BCUT2D eigenvalue weighted by molar-refractivity contribution is 0.396. The van der Waals surface area contributed by atoms with Crippen LogP contribution in [0.4, 0.5) is 5.69 Å². The van der Waals surface area contributed by atoms with E-state index in [-0.39, 0.29) is 5.09 Å². The molecule has 0 atom stereocenters. The monoisotopic (exact) mass is 298 g/mol. The van der Waals surface area contributed by atoms with Gasteiger partial charge in [-0.3, -0.25) is 9.40 Å². The maximum atomic E-state index is 12.1. The first-order valence-corrected chi connectivity index (χ1v) is 7.69. The van der Waals surface area contributed by atoms with Crippen molar-refractivity contribution < 1.29 is 12.8 Å². The lowest BCUT2D eigenvalue weighted by atomic mass is 10.3. The van der Waals surface area contributed by atoms with E-state index in [1.807, 2.05) is 13.8 Å². The van der Waals surface area contributed by atoms with Gasteiger partial charge in [0.2, 0.25) is 5.09 Å². The maximum Gasteiger partial charge on any atom is 0.295 e. The van der Waals surface area contributed by atoms with Crippen molar-refractivity contribution >= 4 is 15.7 Å². The van der Waals surface area contributed by atoms with E-state index >= 15 is 0 Å². The Kier molecular flexibility index (Phi) is 4.15. The lowest BCUT2D eigenvalue weighted by Crippen LogP contribution is -2.21. The zero-order valence-electron chi connectivity index (χ0n) is 11.6. The first-order chi connectivity index (χ1) is 9.37. The summed E-state index contributed by atoms with van der Waals surface area (Å²) in [6.07, 6.45) is 3.00. The largest absolute Gasteiger partial charge is 0.446 e. The van der Waals surface area contributed by atoms with Gasteiger partial charge in [0.05, 0.1) is 18.4 Å². The Hall–Kier alpha value is -1.80. The Morgan fingerprint density at radius 2 is 2.15 bits per heavy atom. The van der Waals surface area contributed by atoms with E-state index in [0.717, 1.165) is 0 Å². The summed E-state index contributed by atoms with van der Waals surface area (Å²) < 4.78 is 33.5. The average Bonchev–Trinajstić information content (AvgIpc) is 2.95. The minimum absolute atomic E-state index is 0.109. The van der Waals surface area contributed by atoms with E-state index in [0.29, 0.717) is 24.0 Å². The van der Waals surface area contributed by atoms with Crippen LogP contribution < -0.4 is 10.0 Å². The minimum atomic E-state index is -3.72. The number of nitrogens with zero attached hydrogens (tertiary/aromatic N) is 2. The van der Waals surface area contributed by atoms with Crippen LogP contribution in [0.1, 0.15) is 19.6 Å². The second kappa shape index (κ2) is 5.68. The van der Waals surface area contributed by atoms with Gasteiger partial charge in [-0.25, -0.2) is 0 Å². The third-order valence-corrected chi connectivity index (χ3v) is 3.80. The second-order valence-electron chi connectivity index (χ2n) is 4.76. The van der Waals surface area contributed by atoms with Gasteiger partial charge in [0.15, 0.2) is 0 Å². The van der Waals surface area contributed by atoms with Crippen molar-refractivity contribution in [3.8, 4) is 0 Å². The third-order valence-electron chi connectivity index (χ3n) is 2.54. The SMILES string of the molecule is CC(C)NCc1ccc(S(=O)(=O)Nc2cnn(C)c2)o1. The fourth-order valence-electron chi connectivity index (χ4n) is 1.58. The Balaban J connectivity index is 2.09. The van der Waals surface area contributed by atoms with Crippen LogP contribution in [-0.4, -0.2) is 24.2 Å². The zero-order valence-corrected chi connectivity index (χ0v) is 12.4. The van der Waals surface area contributed by atoms with Crippen molar-refractivity contribution in [3.05, 3.63) is 30.3 Å². The van der Waals surface area contributed by atoms with Gasteiger partial charge in [0, 0.05) is 19.3 Å². The molecule has 0 fully saturated rings. The number of aromatic nitrogens is 2. The molecule has 0 radical (unpaired) electrons. The van der Waals surface area contributed by atoms with Crippen LogP contribution in [0.25, 0.3) is 0 Å². The molecule has 8 heteroatoms. The first kappa shape index (κ1) is 14.6. The van der Waals surface area contributed by atoms with Crippen molar-refractivity contribution in [3.63, 3.8) is 0 Å². The fourth-order valence-corrected chi connectivity index (χ4v) is 2.56. The molecule has 2 aromatic rings. The van der Waals surface area contributed by atoms with E-state index in [1.165, 1.54) is 16.9 Å². The van der Waals surface area contributed by atoms with Crippen LogP contribution in [0, 0.1) is 0 Å². The number of sulfonamides is 1.